The van der Waals surface area contributed by atoms with Crippen molar-refractivity contribution < 1.29 is 17.9 Å². The molecular weight excluding hydrogens is 581 g/mol. The minimum absolute atomic E-state index is 0.0683. The fraction of sp³-hybridized carbons (Fsp3) is 0.394. The van der Waals surface area contributed by atoms with Gasteiger partial charge >= 0.3 is 0 Å². The quantitative estimate of drug-likeness (QED) is 0.357. The Morgan fingerprint density at radius 2 is 1.88 bits per heavy atom. The van der Waals surface area contributed by atoms with E-state index in [9.17, 15) is 18.5 Å². The number of ether oxygens (including phenoxy) is 1. The van der Waals surface area contributed by atoms with Crippen molar-refractivity contribution in [1.82, 2.24) is 10.2 Å². The van der Waals surface area contributed by atoms with Crippen LogP contribution >= 0.6 is 11.8 Å². The summed E-state index contributed by atoms with van der Waals surface area (Å²) in [5, 5.41) is 12.5. The summed E-state index contributed by atoms with van der Waals surface area (Å²) in [6, 6.07) is 23.7. The molecule has 224 valence electrons. The molecule has 1 fully saturated rings. The smallest absolute Gasteiger partial charge is 0.230 e. The van der Waals surface area contributed by atoms with Crippen LogP contribution in [0.15, 0.2) is 71.6 Å². The zero-order chi connectivity index (χ0) is 30.0. The Bertz CT molecular complexity index is 1650. The molecular formula is C33H36N4O4S2. The third kappa shape index (κ3) is 7.01. The Morgan fingerprint density at radius 1 is 1.09 bits per heavy atom. The number of nitrogens with zero attached hydrogens (tertiary/aromatic N) is 2. The number of sulfonamides is 1. The summed E-state index contributed by atoms with van der Waals surface area (Å²) in [5.74, 6) is 0.915. The number of benzene rings is 3. The van der Waals surface area contributed by atoms with Gasteiger partial charge in [0, 0.05) is 41.7 Å². The summed E-state index contributed by atoms with van der Waals surface area (Å²) in [5.41, 5.74) is 4.20. The van der Waals surface area contributed by atoms with Crippen LogP contribution in [0.1, 0.15) is 54.0 Å². The zero-order valence-corrected chi connectivity index (χ0v) is 25.8. The Hall–Kier alpha value is -3.52. The highest BCUT2D eigenvalue weighted by atomic mass is 32.2. The molecule has 2 aliphatic heterocycles. The average molecular weight is 617 g/mol. The molecule has 0 radical (unpaired) electrons. The zero-order valence-electron chi connectivity index (χ0n) is 24.2. The molecule has 8 nitrogen and oxygen atoms in total. The van der Waals surface area contributed by atoms with Gasteiger partial charge in [-0.15, -0.1) is 11.8 Å². The highest BCUT2D eigenvalue weighted by Crippen LogP contribution is 2.46. The summed E-state index contributed by atoms with van der Waals surface area (Å²) in [4.78, 5) is 16.8. The second kappa shape index (κ2) is 12.2. The first-order valence-electron chi connectivity index (χ1n) is 14.7. The van der Waals surface area contributed by atoms with E-state index in [2.05, 4.69) is 27.1 Å². The van der Waals surface area contributed by atoms with Crippen molar-refractivity contribution in [2.75, 3.05) is 29.8 Å². The number of rotatable bonds is 7. The number of likely N-dealkylation sites (tertiary alicyclic amines) is 1. The molecule has 0 bridgehead atoms. The topological polar surface area (TPSA) is 112 Å². The van der Waals surface area contributed by atoms with Gasteiger partial charge in [-0.2, -0.15) is 5.26 Å². The van der Waals surface area contributed by atoms with Crippen molar-refractivity contribution in [3.63, 3.8) is 0 Å². The number of piperidine rings is 1. The van der Waals surface area contributed by atoms with E-state index >= 15 is 0 Å². The Balaban J connectivity index is 1.16. The summed E-state index contributed by atoms with van der Waals surface area (Å²) >= 11 is 1.49. The molecule has 1 spiro atoms. The molecule has 1 amide bonds. The van der Waals surface area contributed by atoms with E-state index in [0.717, 1.165) is 67.5 Å². The van der Waals surface area contributed by atoms with Crippen LogP contribution in [0, 0.1) is 11.3 Å². The number of carbonyl (C=O) groups is 1. The average Bonchev–Trinajstić information content (AvgIpc) is 3.00. The lowest BCUT2D eigenvalue weighted by Crippen LogP contribution is -2.54. The minimum atomic E-state index is -3.45. The second-order valence-electron chi connectivity index (χ2n) is 11.9. The van der Waals surface area contributed by atoms with Gasteiger partial charge < -0.3 is 10.1 Å². The number of aryl methyl sites for hydroxylation is 1. The molecule has 43 heavy (non-hydrogen) atoms. The van der Waals surface area contributed by atoms with Gasteiger partial charge in [-0.25, -0.2) is 8.42 Å². The standard InChI is InChI=1S/C33H36N4O4S2/c1-43(39,40)36-26-10-12-31-29(19-26)30(35-32(38)22-42-28-5-3-2-4-6-28)20-33(41-31)13-15-37(16-14-33)27-11-9-24-17-23(21-34)7-8-25(24)18-27/h2-8,10,12,17,19,27,30,36H,9,11,13-16,18,20,22H2,1H3,(H,35,38)/t27-,30+/m1/s1. The lowest BCUT2D eigenvalue weighted by Gasteiger charge is -2.49. The summed E-state index contributed by atoms with van der Waals surface area (Å²) in [7, 11) is -3.45. The van der Waals surface area contributed by atoms with Crippen molar-refractivity contribution >= 4 is 33.4 Å². The van der Waals surface area contributed by atoms with E-state index < -0.39 is 15.6 Å². The maximum absolute atomic E-state index is 13.2. The predicted molar refractivity (Wildman–Crippen MR) is 169 cm³/mol. The van der Waals surface area contributed by atoms with Gasteiger partial charge in [-0.05, 0) is 85.7 Å². The van der Waals surface area contributed by atoms with Crippen molar-refractivity contribution in [2.45, 2.75) is 61.1 Å². The van der Waals surface area contributed by atoms with Crippen LogP contribution in [-0.4, -0.2) is 56.0 Å². The maximum Gasteiger partial charge on any atom is 0.230 e. The van der Waals surface area contributed by atoms with E-state index in [0.29, 0.717) is 23.9 Å². The van der Waals surface area contributed by atoms with E-state index in [4.69, 9.17) is 4.74 Å². The predicted octanol–water partition coefficient (Wildman–Crippen LogP) is 5.05. The summed E-state index contributed by atoms with van der Waals surface area (Å²) in [6.07, 6.45) is 6.50. The number of hydrogen-bond acceptors (Lipinski definition) is 7. The van der Waals surface area contributed by atoms with Crippen LogP contribution in [0.25, 0.3) is 0 Å². The number of anilines is 1. The summed E-state index contributed by atoms with van der Waals surface area (Å²) < 4.78 is 33.1. The van der Waals surface area contributed by atoms with Crippen LogP contribution < -0.4 is 14.8 Å². The van der Waals surface area contributed by atoms with Gasteiger partial charge in [0.05, 0.1) is 29.7 Å². The minimum Gasteiger partial charge on any atom is -0.487 e. The first-order valence-corrected chi connectivity index (χ1v) is 17.6. The van der Waals surface area contributed by atoms with Gasteiger partial charge in [-0.3, -0.25) is 14.4 Å². The van der Waals surface area contributed by atoms with Crippen LogP contribution in [0.2, 0.25) is 0 Å². The van der Waals surface area contributed by atoms with Gasteiger partial charge in [0.1, 0.15) is 11.4 Å². The van der Waals surface area contributed by atoms with Gasteiger partial charge in [0.2, 0.25) is 15.9 Å². The largest absolute Gasteiger partial charge is 0.487 e. The van der Waals surface area contributed by atoms with Gasteiger partial charge in [0.25, 0.3) is 0 Å². The molecule has 1 aliphatic carbocycles. The number of hydrogen-bond donors (Lipinski definition) is 2. The number of fused-ring (bicyclic) bond motifs is 2. The SMILES string of the molecule is CS(=O)(=O)Nc1ccc2c(c1)[C@@H](NC(=O)CSc1ccccc1)CC1(CCN([C@@H]3CCc4cc(C#N)ccc4C3)CC1)O2. The molecule has 1 saturated heterocycles. The summed E-state index contributed by atoms with van der Waals surface area (Å²) in [6.45, 7) is 1.81. The molecule has 2 heterocycles. The van der Waals surface area contributed by atoms with Crippen molar-refractivity contribution in [2.24, 2.45) is 0 Å². The lowest BCUT2D eigenvalue weighted by molar-refractivity contribution is -0.120. The molecule has 6 rings (SSSR count). The molecule has 2 N–H and O–H groups in total. The number of thioether (sulfide) groups is 1. The van der Waals surface area contributed by atoms with E-state index in [-0.39, 0.29) is 17.7 Å². The highest BCUT2D eigenvalue weighted by Gasteiger charge is 2.45. The number of nitriles is 1. The molecule has 10 heteroatoms. The number of amides is 1. The third-order valence-electron chi connectivity index (χ3n) is 8.80. The molecule has 3 aliphatic rings. The van der Waals surface area contributed by atoms with Crippen LogP contribution in [0.4, 0.5) is 5.69 Å². The monoisotopic (exact) mass is 616 g/mol. The molecule has 2 atom stereocenters. The molecule has 0 unspecified atom stereocenters. The molecule has 0 aromatic heterocycles. The van der Waals surface area contributed by atoms with Crippen LogP contribution in [0.3, 0.4) is 0 Å². The van der Waals surface area contributed by atoms with Crippen molar-refractivity contribution in [1.29, 1.82) is 5.26 Å². The third-order valence-corrected chi connectivity index (χ3v) is 10.4. The molecule has 0 saturated carbocycles. The van der Waals surface area contributed by atoms with Crippen molar-refractivity contribution in [3.8, 4) is 11.8 Å². The Kier molecular flexibility index (Phi) is 8.40. The molecule has 3 aromatic rings. The normalized spacial score (nSPS) is 21.1. The van der Waals surface area contributed by atoms with Gasteiger partial charge in [-0.1, -0.05) is 24.3 Å². The fourth-order valence-electron chi connectivity index (χ4n) is 6.70. The second-order valence-corrected chi connectivity index (χ2v) is 14.7. The van der Waals surface area contributed by atoms with E-state index in [1.807, 2.05) is 48.5 Å². The number of nitrogens with one attached hydrogen (secondary N) is 2. The maximum atomic E-state index is 13.2. The van der Waals surface area contributed by atoms with E-state index in [1.54, 1.807) is 12.1 Å². The Labute approximate surface area is 257 Å². The van der Waals surface area contributed by atoms with Crippen LogP contribution in [0.5, 0.6) is 5.75 Å². The Morgan fingerprint density at radius 3 is 2.63 bits per heavy atom. The first-order chi connectivity index (χ1) is 20.7. The lowest BCUT2D eigenvalue weighted by atomic mass is 9.79. The van der Waals surface area contributed by atoms with Crippen molar-refractivity contribution in [3.05, 3.63) is 89.0 Å². The molecule has 3 aromatic carbocycles. The fourth-order valence-corrected chi connectivity index (χ4v) is 7.98. The first kappa shape index (κ1) is 29.5. The number of carbonyl (C=O) groups excluding carboxylic acids is 1. The van der Waals surface area contributed by atoms with Crippen LogP contribution in [-0.2, 0) is 27.7 Å². The van der Waals surface area contributed by atoms with Gasteiger partial charge in [0.15, 0.2) is 0 Å². The highest BCUT2D eigenvalue weighted by molar-refractivity contribution is 8.00. The van der Waals surface area contributed by atoms with E-state index in [1.165, 1.54) is 22.9 Å².